The Morgan fingerprint density at radius 2 is 1.94 bits per heavy atom. The Hall–Kier alpha value is -1.55. The number of carboxylic acid groups (broad SMARTS) is 2. The van der Waals surface area contributed by atoms with Crippen LogP contribution in [0.2, 0.25) is 0 Å². The molecular formula is C11H5IO4-2. The maximum Gasteiger partial charge on any atom is 0.0971 e. The molecule has 0 N–H and O–H groups in total. The van der Waals surface area contributed by atoms with Gasteiger partial charge in [0.25, 0.3) is 0 Å². The molecule has 16 heavy (non-hydrogen) atoms. The van der Waals surface area contributed by atoms with E-state index >= 15 is 0 Å². The topological polar surface area (TPSA) is 80.3 Å². The van der Waals surface area contributed by atoms with Gasteiger partial charge >= 0.3 is 0 Å². The second kappa shape index (κ2) is 4.99. The van der Waals surface area contributed by atoms with E-state index in [1.165, 1.54) is 12.1 Å². The van der Waals surface area contributed by atoms with Crippen molar-refractivity contribution in [3.05, 3.63) is 34.9 Å². The van der Waals surface area contributed by atoms with Crippen molar-refractivity contribution in [2.75, 3.05) is 0 Å². The number of carbonyl (C=O) groups is 2. The fourth-order valence-electron chi connectivity index (χ4n) is 1.27. The molecule has 1 aromatic rings. The van der Waals surface area contributed by atoms with Crippen LogP contribution in [0.5, 0.6) is 0 Å². The van der Waals surface area contributed by atoms with E-state index in [1.54, 1.807) is 0 Å². The van der Waals surface area contributed by atoms with Gasteiger partial charge in [-0.25, -0.2) is 0 Å². The molecule has 0 aliphatic heterocycles. The molecule has 4 nitrogen and oxygen atoms in total. The summed E-state index contributed by atoms with van der Waals surface area (Å²) in [4.78, 5) is 21.6. The fourth-order valence-corrected chi connectivity index (χ4v) is 1.79. The van der Waals surface area contributed by atoms with Crippen LogP contribution < -0.4 is 10.2 Å². The van der Waals surface area contributed by atoms with Crippen LogP contribution in [-0.4, -0.2) is 11.9 Å². The van der Waals surface area contributed by atoms with Gasteiger partial charge in [-0.2, -0.15) is 0 Å². The molecule has 0 aliphatic rings. The van der Waals surface area contributed by atoms with E-state index in [0.717, 1.165) is 6.07 Å². The monoisotopic (exact) mass is 328 g/mol. The Kier molecular flexibility index (Phi) is 3.90. The van der Waals surface area contributed by atoms with Gasteiger partial charge in [0.05, 0.1) is 15.9 Å². The molecule has 0 saturated carbocycles. The summed E-state index contributed by atoms with van der Waals surface area (Å²) in [7, 11) is 0. The van der Waals surface area contributed by atoms with E-state index in [0.29, 0.717) is 0 Å². The molecule has 1 atom stereocenters. The number of alkyl halides is 1. The highest BCUT2D eigenvalue weighted by atomic mass is 127. The van der Waals surface area contributed by atoms with Crippen LogP contribution in [0.15, 0.2) is 18.2 Å². The first-order chi connectivity index (χ1) is 7.49. The standard InChI is InChI=1S/C11H7IO4/c1-2-8(12)6-4-3-5-7(10(13)14)9(6)11(15)16/h1,3-5,8H,(H,13,14)(H,15,16)/p-2. The van der Waals surface area contributed by atoms with Gasteiger partial charge in [-0.1, -0.05) is 46.7 Å². The normalized spacial score (nSPS) is 11.5. The quantitative estimate of drug-likeness (QED) is 0.427. The van der Waals surface area contributed by atoms with Crippen molar-refractivity contribution in [1.82, 2.24) is 0 Å². The minimum Gasteiger partial charge on any atom is -0.545 e. The second-order valence-electron chi connectivity index (χ2n) is 2.87. The van der Waals surface area contributed by atoms with Crippen LogP contribution in [0.3, 0.4) is 0 Å². The zero-order chi connectivity index (χ0) is 12.3. The Labute approximate surface area is 105 Å². The summed E-state index contributed by atoms with van der Waals surface area (Å²) >= 11 is 1.83. The minimum absolute atomic E-state index is 0.227. The van der Waals surface area contributed by atoms with Crippen LogP contribution in [0.4, 0.5) is 0 Å². The molecular weight excluding hydrogens is 323 g/mol. The molecule has 0 radical (unpaired) electrons. The van der Waals surface area contributed by atoms with Gasteiger partial charge in [0.2, 0.25) is 0 Å². The lowest BCUT2D eigenvalue weighted by Gasteiger charge is -2.17. The predicted octanol–water partition coefficient (Wildman–Crippen LogP) is -0.477. The highest BCUT2D eigenvalue weighted by Crippen LogP contribution is 2.27. The van der Waals surface area contributed by atoms with Crippen molar-refractivity contribution in [2.24, 2.45) is 0 Å². The Morgan fingerprint density at radius 3 is 2.38 bits per heavy atom. The number of terminal acetylenes is 1. The Morgan fingerprint density at radius 1 is 1.31 bits per heavy atom. The average molecular weight is 328 g/mol. The van der Waals surface area contributed by atoms with Crippen molar-refractivity contribution in [2.45, 2.75) is 3.92 Å². The summed E-state index contributed by atoms with van der Waals surface area (Å²) < 4.78 is -0.537. The molecule has 0 aromatic heterocycles. The van der Waals surface area contributed by atoms with Crippen molar-refractivity contribution in [3.63, 3.8) is 0 Å². The smallest absolute Gasteiger partial charge is 0.0971 e. The average Bonchev–Trinajstić information content (AvgIpc) is 2.26. The fraction of sp³-hybridized carbons (Fsp3) is 0.0909. The van der Waals surface area contributed by atoms with E-state index < -0.39 is 27.0 Å². The predicted molar refractivity (Wildman–Crippen MR) is 60.7 cm³/mol. The highest BCUT2D eigenvalue weighted by Gasteiger charge is 2.14. The van der Waals surface area contributed by atoms with Crippen LogP contribution in [0.1, 0.15) is 30.2 Å². The molecule has 0 fully saturated rings. The van der Waals surface area contributed by atoms with Crippen LogP contribution in [-0.2, 0) is 0 Å². The first-order valence-corrected chi connectivity index (χ1v) is 5.39. The third-order valence-electron chi connectivity index (χ3n) is 1.94. The van der Waals surface area contributed by atoms with Gasteiger partial charge in [-0.05, 0) is 5.56 Å². The SMILES string of the molecule is C#CC(I)c1cccc(C(=O)[O-])c1C(=O)[O-]. The third kappa shape index (κ3) is 2.33. The first-order valence-electron chi connectivity index (χ1n) is 4.14. The zero-order valence-electron chi connectivity index (χ0n) is 7.90. The maximum atomic E-state index is 10.9. The molecule has 82 valence electrons. The molecule has 5 heteroatoms. The van der Waals surface area contributed by atoms with Crippen molar-refractivity contribution >= 4 is 34.5 Å². The Balaban J connectivity index is 3.52. The third-order valence-corrected chi connectivity index (χ3v) is 2.97. The lowest BCUT2D eigenvalue weighted by Crippen LogP contribution is -2.31. The molecule has 1 unspecified atom stereocenters. The van der Waals surface area contributed by atoms with Gasteiger partial charge in [0, 0.05) is 11.1 Å². The second-order valence-corrected chi connectivity index (χ2v) is 4.12. The number of carboxylic acids is 2. The van der Waals surface area contributed by atoms with Crippen molar-refractivity contribution < 1.29 is 19.8 Å². The largest absolute Gasteiger partial charge is 0.545 e. The molecule has 1 rings (SSSR count). The molecule has 0 amide bonds. The number of hydrogen-bond donors (Lipinski definition) is 0. The van der Waals surface area contributed by atoms with E-state index in [9.17, 15) is 19.8 Å². The summed E-state index contributed by atoms with van der Waals surface area (Å²) in [5, 5.41) is 21.6. The van der Waals surface area contributed by atoms with Gasteiger partial charge in [0.1, 0.15) is 0 Å². The summed E-state index contributed by atoms with van der Waals surface area (Å²) in [6.45, 7) is 0. The van der Waals surface area contributed by atoms with E-state index in [1.807, 2.05) is 22.6 Å². The van der Waals surface area contributed by atoms with Gasteiger partial charge in [0.15, 0.2) is 0 Å². The molecule has 0 bridgehead atoms. The summed E-state index contributed by atoms with van der Waals surface area (Å²) in [5.74, 6) is -0.820. The number of aromatic carboxylic acids is 2. The number of hydrogen-bond acceptors (Lipinski definition) is 4. The van der Waals surface area contributed by atoms with E-state index in [-0.39, 0.29) is 5.56 Å². The Bertz CT molecular complexity index is 487. The minimum atomic E-state index is -1.58. The molecule has 0 aliphatic carbocycles. The highest BCUT2D eigenvalue weighted by molar-refractivity contribution is 14.1. The summed E-state index contributed by atoms with van der Waals surface area (Å²) in [6.07, 6.45) is 5.17. The number of carbonyl (C=O) groups excluding carboxylic acids is 2. The summed E-state index contributed by atoms with van der Waals surface area (Å²) in [5.41, 5.74) is -0.612. The zero-order valence-corrected chi connectivity index (χ0v) is 10.1. The maximum absolute atomic E-state index is 10.9. The number of rotatable bonds is 3. The van der Waals surface area contributed by atoms with Crippen LogP contribution >= 0.6 is 22.6 Å². The molecule has 1 aromatic carbocycles. The van der Waals surface area contributed by atoms with Gasteiger partial charge in [-0.15, -0.1) is 6.42 Å². The van der Waals surface area contributed by atoms with Crippen LogP contribution in [0, 0.1) is 12.3 Å². The number of halogens is 1. The summed E-state index contributed by atoms with van der Waals surface area (Å²) in [6, 6.07) is 4.01. The molecule has 0 saturated heterocycles. The van der Waals surface area contributed by atoms with E-state index in [2.05, 4.69) is 5.92 Å². The van der Waals surface area contributed by atoms with Crippen molar-refractivity contribution in [1.29, 1.82) is 0 Å². The molecule has 0 heterocycles. The first kappa shape index (κ1) is 12.5. The van der Waals surface area contributed by atoms with Gasteiger partial charge in [-0.3, -0.25) is 0 Å². The van der Waals surface area contributed by atoms with Crippen molar-refractivity contribution in [3.8, 4) is 12.3 Å². The lowest BCUT2D eigenvalue weighted by molar-refractivity contribution is -0.259. The molecule has 0 spiro atoms. The van der Waals surface area contributed by atoms with Gasteiger partial charge < -0.3 is 19.8 Å². The van der Waals surface area contributed by atoms with Crippen LogP contribution in [0.25, 0.3) is 0 Å². The van der Waals surface area contributed by atoms with E-state index in [4.69, 9.17) is 6.42 Å². The number of benzene rings is 1. The lowest BCUT2D eigenvalue weighted by atomic mass is 9.99.